The lowest BCUT2D eigenvalue weighted by atomic mass is 9.64. The van der Waals surface area contributed by atoms with Gasteiger partial charge in [-0.25, -0.2) is 15.0 Å². The Morgan fingerprint density at radius 2 is 0.842 bits per heavy atom. The van der Waals surface area contributed by atoms with Crippen molar-refractivity contribution >= 4 is 137 Å². The van der Waals surface area contributed by atoms with Crippen LogP contribution in [-0.2, 0) is 0 Å². The molecule has 0 aliphatic rings. The Hall–Kier alpha value is -6.40. The van der Waals surface area contributed by atoms with E-state index in [1.807, 2.05) is 66.7 Å². The van der Waals surface area contributed by atoms with E-state index in [-0.39, 0.29) is 0 Å². The summed E-state index contributed by atoms with van der Waals surface area (Å²) in [6.07, 6.45) is 0. The Morgan fingerprint density at radius 1 is 0.368 bits per heavy atom. The molecule has 0 aliphatic carbocycles. The van der Waals surface area contributed by atoms with E-state index in [2.05, 4.69) is 120 Å². The Labute approximate surface area is 337 Å². The maximum atomic E-state index is 6.79. The summed E-state index contributed by atoms with van der Waals surface area (Å²) in [5.74, 6) is 1.85. The molecule has 12 heteroatoms. The molecule has 262 valence electrons. The van der Waals surface area contributed by atoms with Gasteiger partial charge in [0.2, 0.25) is 0 Å². The molecule has 0 radical (unpaired) electrons. The molecule has 0 bridgehead atoms. The lowest BCUT2D eigenvalue weighted by Gasteiger charge is -2.19. The number of hydrogen-bond donors (Lipinski definition) is 0. The van der Waals surface area contributed by atoms with Gasteiger partial charge in [-0.15, -0.1) is 5.46 Å². The maximum absolute atomic E-state index is 6.79. The third kappa shape index (κ3) is 5.30. The number of benzene rings is 7. The van der Waals surface area contributed by atoms with Crippen LogP contribution in [0, 0.1) is 0 Å². The standard InChI is InChI=1S/C45H35B7N4O/c46-34-29(22-12-4-1-5-13-22)37(49)41-32(35(34)47)33-36(48)38(50)39(51)40(52)42(33)56(41)26-19-11-21-28-31(26)30-25(18-10-20-27(30)57-28)45-54-43(23-14-6-2-7-15-23)53-44(55-45)24-16-8-3-9-17-24/h1-21H,46-52H2. The quantitative estimate of drug-likeness (QED) is 0.222. The van der Waals surface area contributed by atoms with Gasteiger partial charge in [-0.1, -0.05) is 142 Å². The average molecular weight is 723 g/mol. The molecular formula is C45H35B7N4O. The zero-order valence-corrected chi connectivity index (χ0v) is 33.3. The van der Waals surface area contributed by atoms with Crippen molar-refractivity contribution < 1.29 is 4.42 Å². The average Bonchev–Trinajstić information content (AvgIpc) is 3.82. The molecule has 57 heavy (non-hydrogen) atoms. The minimum atomic E-state index is 0.598. The molecule has 10 rings (SSSR count). The highest BCUT2D eigenvalue weighted by Crippen LogP contribution is 2.41. The molecule has 0 unspecified atom stereocenters. The van der Waals surface area contributed by atoms with Gasteiger partial charge in [-0.3, -0.25) is 0 Å². The summed E-state index contributed by atoms with van der Waals surface area (Å²) >= 11 is 0. The van der Waals surface area contributed by atoms with E-state index in [9.17, 15) is 0 Å². The van der Waals surface area contributed by atoms with Crippen LogP contribution >= 0.6 is 0 Å². The van der Waals surface area contributed by atoms with Crippen molar-refractivity contribution in [3.63, 3.8) is 0 Å². The van der Waals surface area contributed by atoms with Crippen LogP contribution < -0.4 is 38.2 Å². The zero-order chi connectivity index (χ0) is 39.1. The van der Waals surface area contributed by atoms with Crippen molar-refractivity contribution in [1.29, 1.82) is 0 Å². The first kappa shape index (κ1) is 35.0. The Kier molecular flexibility index (Phi) is 8.22. The Balaban J connectivity index is 1.36. The summed E-state index contributed by atoms with van der Waals surface area (Å²) in [6.45, 7) is 0. The lowest BCUT2D eigenvalue weighted by Crippen LogP contribution is -2.48. The highest BCUT2D eigenvalue weighted by molar-refractivity contribution is 6.69. The Morgan fingerprint density at radius 3 is 1.44 bits per heavy atom. The monoisotopic (exact) mass is 724 g/mol. The first-order valence-electron chi connectivity index (χ1n) is 19.6. The van der Waals surface area contributed by atoms with E-state index in [1.54, 1.807) is 0 Å². The van der Waals surface area contributed by atoms with Gasteiger partial charge in [0.05, 0.1) is 11.1 Å². The number of rotatable bonds is 5. The highest BCUT2D eigenvalue weighted by atomic mass is 16.3. The number of nitrogens with zero attached hydrogens (tertiary/aromatic N) is 4. The van der Waals surface area contributed by atoms with Crippen LogP contribution in [0.4, 0.5) is 0 Å². The van der Waals surface area contributed by atoms with Crippen molar-refractivity contribution in [1.82, 2.24) is 19.5 Å². The van der Waals surface area contributed by atoms with Crippen molar-refractivity contribution in [2.45, 2.75) is 0 Å². The number of furan rings is 1. The van der Waals surface area contributed by atoms with E-state index in [0.29, 0.717) is 17.5 Å². The molecule has 0 atom stereocenters. The predicted octanol–water partition coefficient (Wildman–Crippen LogP) is -0.655. The zero-order valence-electron chi connectivity index (χ0n) is 33.3. The van der Waals surface area contributed by atoms with E-state index >= 15 is 0 Å². The minimum Gasteiger partial charge on any atom is -0.456 e. The van der Waals surface area contributed by atoms with Crippen LogP contribution in [0.2, 0.25) is 0 Å². The fourth-order valence-electron chi connectivity index (χ4n) is 9.14. The normalized spacial score (nSPS) is 11.6. The lowest BCUT2D eigenvalue weighted by molar-refractivity contribution is 0.669. The van der Waals surface area contributed by atoms with Gasteiger partial charge in [0.25, 0.3) is 0 Å². The van der Waals surface area contributed by atoms with Crippen molar-refractivity contribution in [2.75, 3.05) is 0 Å². The minimum absolute atomic E-state index is 0.598. The molecule has 7 aromatic carbocycles. The van der Waals surface area contributed by atoms with Crippen molar-refractivity contribution in [3.05, 3.63) is 127 Å². The van der Waals surface area contributed by atoms with Crippen LogP contribution in [0.25, 0.3) is 94.7 Å². The molecule has 0 spiro atoms. The predicted molar refractivity (Wildman–Crippen MR) is 260 cm³/mol. The molecular weight excluding hydrogens is 688 g/mol. The first-order valence-corrected chi connectivity index (χ1v) is 19.6. The molecule has 0 fully saturated rings. The summed E-state index contributed by atoms with van der Waals surface area (Å²) in [6, 6.07) is 43.8. The number of fused-ring (bicyclic) bond motifs is 6. The number of hydrogen-bond acceptors (Lipinski definition) is 4. The molecule has 0 saturated carbocycles. The second-order valence-corrected chi connectivity index (χ2v) is 15.4. The van der Waals surface area contributed by atoms with Crippen LogP contribution in [0.5, 0.6) is 0 Å². The molecule has 0 amide bonds. The van der Waals surface area contributed by atoms with Gasteiger partial charge in [-0.2, -0.15) is 0 Å². The molecule has 5 nitrogen and oxygen atoms in total. The van der Waals surface area contributed by atoms with E-state index < -0.39 is 0 Å². The van der Waals surface area contributed by atoms with Crippen molar-refractivity contribution in [3.8, 4) is 51.0 Å². The fourth-order valence-corrected chi connectivity index (χ4v) is 9.14. The summed E-state index contributed by atoms with van der Waals surface area (Å²) in [5.41, 5.74) is 19.5. The second kappa shape index (κ2) is 13.4. The molecule has 3 aromatic heterocycles. The van der Waals surface area contributed by atoms with Gasteiger partial charge in [0, 0.05) is 33.1 Å². The van der Waals surface area contributed by atoms with Gasteiger partial charge in [-0.05, 0) is 40.1 Å². The molecule has 3 heterocycles. The largest absolute Gasteiger partial charge is 0.456 e. The third-order valence-electron chi connectivity index (χ3n) is 12.4. The maximum Gasteiger partial charge on any atom is 0.164 e. The van der Waals surface area contributed by atoms with E-state index in [0.717, 1.165) is 44.3 Å². The third-order valence-corrected chi connectivity index (χ3v) is 12.4. The molecule has 10 aromatic rings. The summed E-state index contributed by atoms with van der Waals surface area (Å²) in [7, 11) is 16.0. The molecule has 0 aliphatic heterocycles. The van der Waals surface area contributed by atoms with Crippen molar-refractivity contribution in [2.24, 2.45) is 0 Å². The smallest absolute Gasteiger partial charge is 0.164 e. The molecule has 0 N–H and O–H groups in total. The second-order valence-electron chi connectivity index (χ2n) is 15.4. The van der Waals surface area contributed by atoms with Gasteiger partial charge >= 0.3 is 0 Å². The van der Waals surface area contributed by atoms with Crippen LogP contribution in [-0.4, -0.2) is 74.4 Å². The fraction of sp³-hybridized carbons (Fsp3) is 0. The first-order chi connectivity index (χ1) is 27.7. The van der Waals surface area contributed by atoms with E-state index in [4.69, 9.17) is 19.4 Å². The van der Waals surface area contributed by atoms with Gasteiger partial charge in [0.1, 0.15) is 66.1 Å². The Bertz CT molecular complexity index is 3200. The summed E-state index contributed by atoms with van der Waals surface area (Å²) in [4.78, 5) is 15.4. The van der Waals surface area contributed by atoms with Gasteiger partial charge in [0.15, 0.2) is 17.5 Å². The van der Waals surface area contributed by atoms with E-state index in [1.165, 1.54) is 71.2 Å². The van der Waals surface area contributed by atoms with Gasteiger partial charge < -0.3 is 8.98 Å². The summed E-state index contributed by atoms with van der Waals surface area (Å²) in [5, 5.41) is 4.63. The molecule has 0 saturated heterocycles. The topological polar surface area (TPSA) is 56.7 Å². The van der Waals surface area contributed by atoms with Crippen LogP contribution in [0.1, 0.15) is 0 Å². The highest BCUT2D eigenvalue weighted by Gasteiger charge is 2.27. The van der Waals surface area contributed by atoms with Crippen LogP contribution in [0.3, 0.4) is 0 Å². The number of aromatic nitrogens is 4. The summed E-state index contributed by atoms with van der Waals surface area (Å²) < 4.78 is 9.33. The SMILES string of the molecule is Bc1c(B)c(B)c2c(c1B)c1c(B)c(B)c(-c3ccccc3)c(B)c1n2-c1cccc2oc3cccc(-c4nc(-c5ccccc5)nc(-c5ccccc5)n4)c3c12. The van der Waals surface area contributed by atoms with Crippen LogP contribution in [0.15, 0.2) is 132 Å².